The van der Waals surface area contributed by atoms with E-state index in [2.05, 4.69) is 11.0 Å². The first kappa shape index (κ1) is 14.6. The summed E-state index contributed by atoms with van der Waals surface area (Å²) in [5.74, 6) is 0.952. The van der Waals surface area contributed by atoms with Gasteiger partial charge in [-0.25, -0.2) is 0 Å². The van der Waals surface area contributed by atoms with E-state index in [1.54, 1.807) is 0 Å². The zero-order chi connectivity index (χ0) is 15.1. The summed E-state index contributed by atoms with van der Waals surface area (Å²) in [5, 5.41) is 0.818. The fourth-order valence-corrected chi connectivity index (χ4v) is 4.42. The average molecular weight is 318 g/mol. The summed E-state index contributed by atoms with van der Waals surface area (Å²) in [5.41, 5.74) is 1.17. The van der Waals surface area contributed by atoms with Crippen LogP contribution in [0.4, 0.5) is 0 Å². The molecular formula is C19H24ClNO. The molecule has 0 N–H and O–H groups in total. The van der Waals surface area contributed by atoms with Crippen molar-refractivity contribution < 1.29 is 4.79 Å². The SMILES string of the molecule is O=C(C1CC1c1ccccc1Cl)N(C1CCCCC1)C1CC1. The Morgan fingerprint density at radius 1 is 1.00 bits per heavy atom. The summed E-state index contributed by atoms with van der Waals surface area (Å²) < 4.78 is 0. The molecule has 22 heavy (non-hydrogen) atoms. The van der Waals surface area contributed by atoms with E-state index in [0.29, 0.717) is 23.9 Å². The first-order valence-corrected chi connectivity index (χ1v) is 9.20. The second kappa shape index (κ2) is 5.88. The minimum atomic E-state index is 0.183. The molecule has 2 nitrogen and oxygen atoms in total. The minimum Gasteiger partial charge on any atom is -0.336 e. The number of hydrogen-bond donors (Lipinski definition) is 0. The van der Waals surface area contributed by atoms with Crippen molar-refractivity contribution in [2.45, 2.75) is 69.4 Å². The highest BCUT2D eigenvalue weighted by Gasteiger charge is 2.50. The van der Waals surface area contributed by atoms with Crippen molar-refractivity contribution in [2.24, 2.45) is 5.92 Å². The van der Waals surface area contributed by atoms with E-state index in [4.69, 9.17) is 11.6 Å². The van der Waals surface area contributed by atoms with Gasteiger partial charge in [0.15, 0.2) is 0 Å². The molecule has 0 saturated heterocycles. The van der Waals surface area contributed by atoms with E-state index in [0.717, 1.165) is 11.4 Å². The van der Waals surface area contributed by atoms with Crippen LogP contribution in [0.1, 0.15) is 62.8 Å². The lowest BCUT2D eigenvalue weighted by atomic mass is 9.93. The average Bonchev–Trinajstić information content (AvgIpc) is 3.43. The van der Waals surface area contributed by atoms with Crippen molar-refractivity contribution in [3.63, 3.8) is 0 Å². The van der Waals surface area contributed by atoms with E-state index < -0.39 is 0 Å². The molecule has 1 aromatic carbocycles. The number of benzene rings is 1. The van der Waals surface area contributed by atoms with Gasteiger partial charge in [-0.05, 0) is 49.7 Å². The van der Waals surface area contributed by atoms with E-state index in [1.807, 2.05) is 18.2 Å². The Hall–Kier alpha value is -1.02. The minimum absolute atomic E-state index is 0.183. The van der Waals surface area contributed by atoms with Crippen LogP contribution in [-0.4, -0.2) is 22.9 Å². The second-order valence-electron chi connectivity index (χ2n) is 7.24. The number of amides is 1. The quantitative estimate of drug-likeness (QED) is 0.783. The van der Waals surface area contributed by atoms with E-state index in [-0.39, 0.29) is 5.92 Å². The Balaban J connectivity index is 1.48. The molecule has 0 radical (unpaired) electrons. The summed E-state index contributed by atoms with van der Waals surface area (Å²) in [6.45, 7) is 0. The normalized spacial score (nSPS) is 28.4. The van der Waals surface area contributed by atoms with Crippen molar-refractivity contribution in [1.82, 2.24) is 4.90 Å². The third kappa shape index (κ3) is 2.78. The van der Waals surface area contributed by atoms with Gasteiger partial charge in [0.1, 0.15) is 0 Å². The maximum absolute atomic E-state index is 13.1. The molecule has 0 aromatic heterocycles. The highest BCUT2D eigenvalue weighted by atomic mass is 35.5. The van der Waals surface area contributed by atoms with Crippen molar-refractivity contribution in [2.75, 3.05) is 0 Å². The lowest BCUT2D eigenvalue weighted by Crippen LogP contribution is -2.44. The lowest BCUT2D eigenvalue weighted by Gasteiger charge is -2.35. The van der Waals surface area contributed by atoms with E-state index in [1.165, 1.54) is 50.5 Å². The van der Waals surface area contributed by atoms with Crippen LogP contribution in [0.25, 0.3) is 0 Å². The monoisotopic (exact) mass is 317 g/mol. The topological polar surface area (TPSA) is 20.3 Å². The van der Waals surface area contributed by atoms with Crippen LogP contribution < -0.4 is 0 Å². The summed E-state index contributed by atoms with van der Waals surface area (Å²) in [6.07, 6.45) is 9.77. The third-order valence-electron chi connectivity index (χ3n) is 5.58. The highest BCUT2D eigenvalue weighted by Crippen LogP contribution is 2.52. The standard InChI is InChI=1S/C19H24ClNO/c20-18-9-5-4-8-15(18)16-12-17(16)19(22)21(14-10-11-14)13-6-2-1-3-7-13/h4-5,8-9,13-14,16-17H,1-3,6-7,10-12H2. The molecule has 0 aliphatic heterocycles. The smallest absolute Gasteiger partial charge is 0.226 e. The Morgan fingerprint density at radius 3 is 2.36 bits per heavy atom. The van der Waals surface area contributed by atoms with Crippen molar-refractivity contribution in [1.29, 1.82) is 0 Å². The van der Waals surface area contributed by atoms with Gasteiger partial charge in [-0.1, -0.05) is 49.1 Å². The Kier molecular flexibility index (Phi) is 3.89. The maximum Gasteiger partial charge on any atom is 0.226 e. The van der Waals surface area contributed by atoms with Gasteiger partial charge in [0, 0.05) is 23.0 Å². The molecule has 3 saturated carbocycles. The molecule has 3 aliphatic rings. The van der Waals surface area contributed by atoms with Crippen LogP contribution >= 0.6 is 11.6 Å². The highest BCUT2D eigenvalue weighted by molar-refractivity contribution is 6.31. The van der Waals surface area contributed by atoms with Gasteiger partial charge >= 0.3 is 0 Å². The predicted molar refractivity (Wildman–Crippen MR) is 89.0 cm³/mol. The van der Waals surface area contributed by atoms with Crippen LogP contribution in [0.2, 0.25) is 5.02 Å². The summed E-state index contributed by atoms with van der Waals surface area (Å²) in [6, 6.07) is 9.08. The largest absolute Gasteiger partial charge is 0.336 e. The zero-order valence-electron chi connectivity index (χ0n) is 13.0. The molecule has 0 spiro atoms. The lowest BCUT2D eigenvalue weighted by molar-refractivity contribution is -0.136. The molecule has 3 heteroatoms. The fourth-order valence-electron chi connectivity index (χ4n) is 4.15. The van der Waals surface area contributed by atoms with Crippen LogP contribution in [-0.2, 0) is 4.79 Å². The van der Waals surface area contributed by atoms with Crippen molar-refractivity contribution in [3.05, 3.63) is 34.9 Å². The van der Waals surface area contributed by atoms with Crippen LogP contribution in [0.5, 0.6) is 0 Å². The summed E-state index contributed by atoms with van der Waals surface area (Å²) in [7, 11) is 0. The molecule has 3 fully saturated rings. The number of rotatable bonds is 4. The fraction of sp³-hybridized carbons (Fsp3) is 0.632. The molecule has 118 valence electrons. The number of halogens is 1. The molecule has 1 amide bonds. The van der Waals surface area contributed by atoms with Crippen molar-refractivity contribution >= 4 is 17.5 Å². The molecule has 1 aromatic rings. The number of hydrogen-bond acceptors (Lipinski definition) is 1. The van der Waals surface area contributed by atoms with Crippen LogP contribution in [0, 0.1) is 5.92 Å². The van der Waals surface area contributed by atoms with Gasteiger partial charge in [-0.15, -0.1) is 0 Å². The Morgan fingerprint density at radius 2 is 1.68 bits per heavy atom. The Labute approximate surface area is 137 Å². The first-order chi connectivity index (χ1) is 10.8. The molecule has 4 rings (SSSR count). The van der Waals surface area contributed by atoms with E-state index in [9.17, 15) is 4.79 Å². The molecular weight excluding hydrogens is 294 g/mol. The second-order valence-corrected chi connectivity index (χ2v) is 7.65. The van der Waals surface area contributed by atoms with Gasteiger partial charge in [-0.3, -0.25) is 4.79 Å². The summed E-state index contributed by atoms with van der Waals surface area (Å²) >= 11 is 6.31. The zero-order valence-corrected chi connectivity index (χ0v) is 13.8. The Bertz CT molecular complexity index is 562. The van der Waals surface area contributed by atoms with Crippen LogP contribution in [0.15, 0.2) is 24.3 Å². The van der Waals surface area contributed by atoms with Gasteiger partial charge in [-0.2, -0.15) is 0 Å². The summed E-state index contributed by atoms with van der Waals surface area (Å²) in [4.78, 5) is 15.4. The third-order valence-corrected chi connectivity index (χ3v) is 5.92. The molecule has 3 aliphatic carbocycles. The van der Waals surface area contributed by atoms with Gasteiger partial charge in [0.05, 0.1) is 0 Å². The number of carbonyl (C=O) groups is 1. The number of carbonyl (C=O) groups excluding carboxylic acids is 1. The predicted octanol–water partition coefficient (Wildman–Crippen LogP) is 4.77. The van der Waals surface area contributed by atoms with Gasteiger partial charge in [0.25, 0.3) is 0 Å². The van der Waals surface area contributed by atoms with Gasteiger partial charge in [0.2, 0.25) is 5.91 Å². The van der Waals surface area contributed by atoms with Gasteiger partial charge < -0.3 is 4.90 Å². The maximum atomic E-state index is 13.1. The molecule has 2 unspecified atom stereocenters. The van der Waals surface area contributed by atoms with Crippen LogP contribution in [0.3, 0.4) is 0 Å². The molecule has 0 heterocycles. The molecule has 0 bridgehead atoms. The number of nitrogens with zero attached hydrogens (tertiary/aromatic N) is 1. The first-order valence-electron chi connectivity index (χ1n) is 8.82. The van der Waals surface area contributed by atoms with Crippen molar-refractivity contribution in [3.8, 4) is 0 Å². The molecule has 2 atom stereocenters. The van der Waals surface area contributed by atoms with E-state index >= 15 is 0 Å².